The normalized spacial score (nSPS) is 11.3. The van der Waals surface area contributed by atoms with Crippen molar-refractivity contribution in [2.45, 2.75) is 13.1 Å². The molecular weight excluding hydrogens is 286 g/mol. The minimum atomic E-state index is -0.436. The van der Waals surface area contributed by atoms with E-state index in [1.54, 1.807) is 6.08 Å². The number of carbonyl (C=O) groups is 1. The zero-order valence-corrected chi connectivity index (χ0v) is 12.8. The summed E-state index contributed by atoms with van der Waals surface area (Å²) in [7, 11) is 0. The van der Waals surface area contributed by atoms with Crippen LogP contribution < -0.4 is 11.1 Å². The minimum absolute atomic E-state index is 0.436. The van der Waals surface area contributed by atoms with Crippen LogP contribution in [0.25, 0.3) is 17.0 Å². The molecule has 0 saturated carbocycles. The number of nitrogens with two attached hydrogens (primary N) is 1. The fourth-order valence-electron chi connectivity index (χ4n) is 2.54. The summed E-state index contributed by atoms with van der Waals surface area (Å²) in [6, 6.07) is 16.3. The van der Waals surface area contributed by atoms with Crippen molar-refractivity contribution in [1.29, 1.82) is 0 Å². The van der Waals surface area contributed by atoms with E-state index in [1.165, 1.54) is 22.6 Å². The Morgan fingerprint density at radius 3 is 2.65 bits per heavy atom. The maximum atomic E-state index is 10.7. The molecule has 0 spiro atoms. The Balaban J connectivity index is 1.57. The maximum Gasteiger partial charge on any atom is 0.241 e. The number of hydrogen-bond donors (Lipinski definition) is 3. The molecule has 4 nitrogen and oxygen atoms in total. The second kappa shape index (κ2) is 6.94. The zero-order chi connectivity index (χ0) is 16.1. The Morgan fingerprint density at radius 1 is 1.09 bits per heavy atom. The first-order valence-electron chi connectivity index (χ1n) is 7.54. The summed E-state index contributed by atoms with van der Waals surface area (Å²) in [4.78, 5) is 14.0. The smallest absolute Gasteiger partial charge is 0.241 e. The summed E-state index contributed by atoms with van der Waals surface area (Å²) in [5, 5.41) is 4.71. The van der Waals surface area contributed by atoms with Crippen LogP contribution in [0.2, 0.25) is 0 Å². The summed E-state index contributed by atoms with van der Waals surface area (Å²) >= 11 is 0. The average molecular weight is 305 g/mol. The fourth-order valence-corrected chi connectivity index (χ4v) is 2.54. The Morgan fingerprint density at radius 2 is 1.87 bits per heavy atom. The Hall–Kier alpha value is -2.85. The summed E-state index contributed by atoms with van der Waals surface area (Å²) in [6.07, 6.45) is 5.13. The van der Waals surface area contributed by atoms with Crippen LogP contribution >= 0.6 is 0 Å². The molecule has 4 N–H and O–H groups in total. The van der Waals surface area contributed by atoms with Gasteiger partial charge >= 0.3 is 0 Å². The maximum absolute atomic E-state index is 10.7. The van der Waals surface area contributed by atoms with Crippen molar-refractivity contribution in [2.75, 3.05) is 0 Å². The number of primary amides is 1. The molecule has 0 saturated heterocycles. The molecule has 0 aliphatic heterocycles. The minimum Gasteiger partial charge on any atom is -0.366 e. The van der Waals surface area contributed by atoms with Crippen LogP contribution in [0.15, 0.2) is 60.8 Å². The number of hydrogen-bond acceptors (Lipinski definition) is 2. The number of carbonyl (C=O) groups excluding carboxylic acids is 1. The molecule has 0 fully saturated rings. The van der Waals surface area contributed by atoms with E-state index in [0.717, 1.165) is 24.2 Å². The van der Waals surface area contributed by atoms with E-state index in [1.807, 2.05) is 30.3 Å². The van der Waals surface area contributed by atoms with Crippen molar-refractivity contribution in [1.82, 2.24) is 10.3 Å². The third-order valence-electron chi connectivity index (χ3n) is 3.74. The van der Waals surface area contributed by atoms with Gasteiger partial charge in [0.05, 0.1) is 0 Å². The van der Waals surface area contributed by atoms with E-state index < -0.39 is 5.91 Å². The first-order valence-corrected chi connectivity index (χ1v) is 7.54. The summed E-state index contributed by atoms with van der Waals surface area (Å²) < 4.78 is 0. The van der Waals surface area contributed by atoms with E-state index in [4.69, 9.17) is 5.73 Å². The van der Waals surface area contributed by atoms with Crippen LogP contribution in [0.5, 0.6) is 0 Å². The third kappa shape index (κ3) is 3.87. The van der Waals surface area contributed by atoms with Crippen LogP contribution in [-0.2, 0) is 17.9 Å². The van der Waals surface area contributed by atoms with E-state index >= 15 is 0 Å². The molecule has 0 atom stereocenters. The lowest BCUT2D eigenvalue weighted by Crippen LogP contribution is -2.12. The van der Waals surface area contributed by atoms with E-state index in [-0.39, 0.29) is 0 Å². The third-order valence-corrected chi connectivity index (χ3v) is 3.74. The molecule has 0 bridgehead atoms. The molecule has 3 aromatic rings. The Kier molecular flexibility index (Phi) is 4.54. The molecule has 1 heterocycles. The van der Waals surface area contributed by atoms with Crippen molar-refractivity contribution in [3.63, 3.8) is 0 Å². The SMILES string of the molecule is NC(=O)/C=C/c1ccc(CNCc2c[nH]c3ccccc23)cc1. The van der Waals surface area contributed by atoms with Gasteiger partial charge in [0.15, 0.2) is 0 Å². The van der Waals surface area contributed by atoms with Crippen molar-refractivity contribution in [3.8, 4) is 0 Å². The van der Waals surface area contributed by atoms with Crippen LogP contribution in [0.1, 0.15) is 16.7 Å². The van der Waals surface area contributed by atoms with Crippen LogP contribution in [0.4, 0.5) is 0 Å². The van der Waals surface area contributed by atoms with E-state index in [2.05, 4.69) is 34.7 Å². The number of para-hydroxylation sites is 1. The van der Waals surface area contributed by atoms with E-state index in [9.17, 15) is 4.79 Å². The highest BCUT2D eigenvalue weighted by Crippen LogP contribution is 2.17. The largest absolute Gasteiger partial charge is 0.366 e. The number of aromatic amines is 1. The highest BCUT2D eigenvalue weighted by molar-refractivity contribution is 5.90. The monoisotopic (exact) mass is 305 g/mol. The summed E-state index contributed by atoms with van der Waals surface area (Å²) in [5.74, 6) is -0.436. The molecule has 4 heteroatoms. The lowest BCUT2D eigenvalue weighted by Gasteiger charge is -2.05. The van der Waals surface area contributed by atoms with Gasteiger partial charge in [0.1, 0.15) is 0 Å². The van der Waals surface area contributed by atoms with Gasteiger partial charge in [-0.25, -0.2) is 0 Å². The topological polar surface area (TPSA) is 70.9 Å². The number of aromatic nitrogens is 1. The van der Waals surface area contributed by atoms with Crippen molar-refractivity contribution in [2.24, 2.45) is 5.73 Å². The van der Waals surface area contributed by atoms with Crippen LogP contribution in [-0.4, -0.2) is 10.9 Å². The van der Waals surface area contributed by atoms with Gasteiger partial charge in [-0.05, 0) is 28.8 Å². The van der Waals surface area contributed by atoms with Gasteiger partial charge < -0.3 is 16.0 Å². The molecule has 0 aliphatic rings. The van der Waals surface area contributed by atoms with Crippen molar-refractivity contribution in [3.05, 3.63) is 77.5 Å². The first-order chi connectivity index (χ1) is 11.2. The molecule has 23 heavy (non-hydrogen) atoms. The zero-order valence-electron chi connectivity index (χ0n) is 12.8. The van der Waals surface area contributed by atoms with Gasteiger partial charge in [-0.3, -0.25) is 4.79 Å². The van der Waals surface area contributed by atoms with Crippen molar-refractivity contribution >= 4 is 22.9 Å². The van der Waals surface area contributed by atoms with Gasteiger partial charge in [0, 0.05) is 36.3 Å². The predicted molar refractivity (Wildman–Crippen MR) is 93.5 cm³/mol. The molecule has 0 radical (unpaired) electrons. The van der Waals surface area contributed by atoms with Crippen LogP contribution in [0.3, 0.4) is 0 Å². The van der Waals surface area contributed by atoms with E-state index in [0.29, 0.717) is 0 Å². The number of H-pyrrole nitrogens is 1. The number of benzene rings is 2. The van der Waals surface area contributed by atoms with Crippen LogP contribution in [0, 0.1) is 0 Å². The number of fused-ring (bicyclic) bond motifs is 1. The van der Waals surface area contributed by atoms with Gasteiger partial charge in [0.25, 0.3) is 0 Å². The second-order valence-electron chi connectivity index (χ2n) is 5.44. The number of nitrogens with one attached hydrogen (secondary N) is 2. The Labute approximate surface area is 135 Å². The predicted octanol–water partition coefficient (Wildman–Crippen LogP) is 2.96. The molecule has 2 aromatic carbocycles. The van der Waals surface area contributed by atoms with Gasteiger partial charge in [0.2, 0.25) is 5.91 Å². The molecule has 116 valence electrons. The molecule has 0 aliphatic carbocycles. The number of rotatable bonds is 6. The fraction of sp³-hybridized carbons (Fsp3) is 0.105. The molecular formula is C19H19N3O. The lowest BCUT2D eigenvalue weighted by atomic mass is 10.1. The quantitative estimate of drug-likeness (QED) is 0.613. The second-order valence-corrected chi connectivity index (χ2v) is 5.44. The molecule has 0 unspecified atom stereocenters. The molecule has 1 aromatic heterocycles. The molecule has 1 amide bonds. The number of amides is 1. The summed E-state index contributed by atoms with van der Waals surface area (Å²) in [5.41, 5.74) is 9.67. The van der Waals surface area contributed by atoms with Gasteiger partial charge in [-0.1, -0.05) is 42.5 Å². The highest BCUT2D eigenvalue weighted by atomic mass is 16.1. The first kappa shape index (κ1) is 15.1. The molecule has 3 rings (SSSR count). The lowest BCUT2D eigenvalue weighted by molar-refractivity contribution is -0.113. The van der Waals surface area contributed by atoms with Gasteiger partial charge in [-0.2, -0.15) is 0 Å². The van der Waals surface area contributed by atoms with Gasteiger partial charge in [-0.15, -0.1) is 0 Å². The average Bonchev–Trinajstić information content (AvgIpc) is 2.97. The summed E-state index contributed by atoms with van der Waals surface area (Å²) in [6.45, 7) is 1.60. The van der Waals surface area contributed by atoms with Crippen molar-refractivity contribution < 1.29 is 4.79 Å². The highest BCUT2D eigenvalue weighted by Gasteiger charge is 2.02. The Bertz CT molecular complexity index is 831. The standard InChI is InChI=1S/C19H19N3O/c20-19(23)10-9-14-5-7-15(8-6-14)11-21-12-16-13-22-18-4-2-1-3-17(16)18/h1-10,13,21-22H,11-12H2,(H2,20,23)/b10-9+.